The Morgan fingerprint density at radius 1 is 1.05 bits per heavy atom. The van der Waals surface area contributed by atoms with Crippen molar-refractivity contribution >= 4 is 24.4 Å². The summed E-state index contributed by atoms with van der Waals surface area (Å²) in [5, 5.41) is 11.4. The van der Waals surface area contributed by atoms with Crippen molar-refractivity contribution in [1.82, 2.24) is 0 Å². The Morgan fingerprint density at radius 3 is 2.62 bits per heavy atom. The Kier molecular flexibility index (Phi) is 6.07. The van der Waals surface area contributed by atoms with Crippen molar-refractivity contribution in [2.75, 3.05) is 13.4 Å². The number of ether oxygens (including phenoxy) is 3. The van der Waals surface area contributed by atoms with E-state index < -0.39 is 11.9 Å². The van der Waals surface area contributed by atoms with Crippen molar-refractivity contribution in [1.29, 1.82) is 0 Å². The molecule has 1 aliphatic carbocycles. The van der Waals surface area contributed by atoms with E-state index in [1.165, 1.54) is 0 Å². The number of aldehydes is 1. The molecule has 0 spiro atoms. The fraction of sp³-hybridized carbons (Fsp3) is 0.161. The minimum absolute atomic E-state index is 0.105. The summed E-state index contributed by atoms with van der Waals surface area (Å²) in [4.78, 5) is 24.1. The smallest absolute Gasteiger partial charge is 0.335 e. The lowest BCUT2D eigenvalue weighted by Gasteiger charge is -2.23. The van der Waals surface area contributed by atoms with Crippen LogP contribution in [0.2, 0.25) is 0 Å². The van der Waals surface area contributed by atoms with Gasteiger partial charge in [0, 0.05) is 23.1 Å². The van der Waals surface area contributed by atoms with Crippen LogP contribution in [0.4, 0.5) is 0 Å². The predicted molar refractivity (Wildman–Crippen MR) is 141 cm³/mol. The van der Waals surface area contributed by atoms with Gasteiger partial charge in [0.2, 0.25) is 6.79 Å². The summed E-state index contributed by atoms with van der Waals surface area (Å²) in [6, 6.07) is 16.0. The van der Waals surface area contributed by atoms with Crippen LogP contribution < -0.4 is 20.3 Å². The average Bonchev–Trinajstić information content (AvgIpc) is 3.67. The van der Waals surface area contributed by atoms with Crippen molar-refractivity contribution < 1.29 is 37.7 Å². The third kappa shape index (κ3) is 4.29. The summed E-state index contributed by atoms with van der Waals surface area (Å²) in [5.74, 6) is 0.992. The number of carbonyl (C=O) groups excluding carboxylic acids is 2. The molecule has 0 radical (unpaired) electrons. The topological polar surface area (TPSA) is 108 Å². The zero-order valence-corrected chi connectivity index (χ0v) is 21.2. The highest BCUT2D eigenvalue weighted by Gasteiger charge is 2.35. The van der Waals surface area contributed by atoms with Gasteiger partial charge in [-0.25, -0.2) is 4.79 Å². The fourth-order valence-electron chi connectivity index (χ4n) is 4.96. The first-order valence-electron chi connectivity index (χ1n) is 12.4. The molecular weight excluding hydrogens is 500 g/mol. The quantitative estimate of drug-likeness (QED) is 0.292. The Balaban J connectivity index is 1.45. The Hall–Kier alpha value is -4.98. The van der Waals surface area contributed by atoms with Gasteiger partial charge in [0.15, 0.2) is 22.7 Å². The molecule has 0 bridgehead atoms. The van der Waals surface area contributed by atoms with Crippen molar-refractivity contribution in [3.63, 3.8) is 0 Å². The molecule has 6 rings (SSSR count). The van der Waals surface area contributed by atoms with Crippen LogP contribution in [0, 0.1) is 0 Å². The normalized spacial score (nSPS) is 16.2. The highest BCUT2D eigenvalue weighted by atomic mass is 16.7. The van der Waals surface area contributed by atoms with Gasteiger partial charge in [-0.2, -0.15) is 0 Å². The average molecular weight is 525 g/mol. The van der Waals surface area contributed by atoms with Crippen LogP contribution in [0.3, 0.4) is 0 Å². The number of rotatable bonds is 6. The van der Waals surface area contributed by atoms with Gasteiger partial charge in [-0.15, -0.1) is 0 Å². The van der Waals surface area contributed by atoms with Crippen LogP contribution in [-0.2, 0) is 9.53 Å². The van der Waals surface area contributed by atoms with Crippen LogP contribution in [0.15, 0.2) is 74.6 Å². The van der Waals surface area contributed by atoms with E-state index in [2.05, 4.69) is 0 Å². The molecule has 0 saturated heterocycles. The first-order valence-corrected chi connectivity index (χ1v) is 12.4. The molecule has 0 fully saturated rings. The first kappa shape index (κ1) is 24.4. The zero-order valence-electron chi connectivity index (χ0n) is 21.2. The van der Waals surface area contributed by atoms with Crippen molar-refractivity contribution in [2.45, 2.75) is 19.8 Å². The maximum atomic E-state index is 13.1. The minimum Gasteiger partial charge on any atom is -0.504 e. The van der Waals surface area contributed by atoms with Crippen molar-refractivity contribution in [3.05, 3.63) is 99.0 Å². The van der Waals surface area contributed by atoms with Crippen LogP contribution in [0.5, 0.6) is 17.2 Å². The molecule has 0 amide bonds. The molecule has 1 N–H and O–H groups in total. The monoisotopic (exact) mass is 524 g/mol. The lowest BCUT2D eigenvalue weighted by Crippen LogP contribution is -2.24. The van der Waals surface area contributed by atoms with Gasteiger partial charge in [-0.1, -0.05) is 30.3 Å². The van der Waals surface area contributed by atoms with E-state index >= 15 is 0 Å². The first-order chi connectivity index (χ1) is 19.0. The highest BCUT2D eigenvalue weighted by molar-refractivity contribution is 5.95. The highest BCUT2D eigenvalue weighted by Crippen LogP contribution is 2.42. The largest absolute Gasteiger partial charge is 0.504 e. The van der Waals surface area contributed by atoms with E-state index in [0.29, 0.717) is 50.7 Å². The second kappa shape index (κ2) is 9.72. The molecule has 196 valence electrons. The molecule has 2 aromatic carbocycles. The Bertz CT molecular complexity index is 1750. The van der Waals surface area contributed by atoms with Gasteiger partial charge in [-0.3, -0.25) is 4.79 Å². The molecular formula is C31H24O8. The second-order valence-electron chi connectivity index (χ2n) is 9.19. The van der Waals surface area contributed by atoms with Crippen molar-refractivity contribution in [2.24, 2.45) is 0 Å². The third-order valence-electron chi connectivity index (χ3n) is 6.78. The lowest BCUT2D eigenvalue weighted by molar-refractivity contribution is -0.138. The fourth-order valence-corrected chi connectivity index (χ4v) is 4.96. The Labute approximate surface area is 223 Å². The summed E-state index contributed by atoms with van der Waals surface area (Å²) in [6.45, 7) is 3.89. The van der Waals surface area contributed by atoms with E-state index in [1.54, 1.807) is 67.6 Å². The van der Waals surface area contributed by atoms with Crippen LogP contribution >= 0.6 is 0 Å². The van der Waals surface area contributed by atoms with E-state index in [-0.39, 0.29) is 24.6 Å². The number of furan rings is 2. The van der Waals surface area contributed by atoms with Gasteiger partial charge >= 0.3 is 5.97 Å². The second-order valence-corrected chi connectivity index (χ2v) is 9.19. The summed E-state index contributed by atoms with van der Waals surface area (Å²) >= 11 is 0. The molecule has 1 aliphatic heterocycles. The molecule has 8 nitrogen and oxygen atoms in total. The molecule has 3 heterocycles. The predicted octanol–water partition coefficient (Wildman–Crippen LogP) is 4.42. The lowest BCUT2D eigenvalue weighted by atomic mass is 9.80. The third-order valence-corrected chi connectivity index (χ3v) is 6.78. The van der Waals surface area contributed by atoms with Crippen LogP contribution in [-0.4, -0.2) is 30.8 Å². The van der Waals surface area contributed by atoms with E-state index in [1.807, 2.05) is 13.0 Å². The summed E-state index contributed by atoms with van der Waals surface area (Å²) in [5.41, 5.74) is 4.25. The maximum absolute atomic E-state index is 13.1. The molecule has 8 heteroatoms. The summed E-state index contributed by atoms with van der Waals surface area (Å²) < 4.78 is 28.5. The van der Waals surface area contributed by atoms with Gasteiger partial charge in [-0.05, 0) is 55.3 Å². The molecule has 2 aliphatic rings. The van der Waals surface area contributed by atoms with Gasteiger partial charge in [0.1, 0.15) is 23.2 Å². The summed E-state index contributed by atoms with van der Waals surface area (Å²) in [7, 11) is 0. The standard InChI is InChI=1S/C31H24O8/c1-3-35-31(34)27-17(2)12-25-29(28(27)20-8-10-23-24(13-20)37-16-36-23)30(33)26(39-25)14-21-9-11-22(38-21)19-6-4-18(15-32)5-7-19/h4-15,28,33H,3,16H2,1-2H3. The molecule has 0 saturated carbocycles. The van der Waals surface area contributed by atoms with E-state index in [0.717, 1.165) is 17.4 Å². The SMILES string of the molecule is CCOC(=O)C1=C(C)C=c2oc(=Cc3ccc(-c4ccc(C=O)cc4)o3)c(O)c2C1c1ccc2c(c1)OCO2. The van der Waals surface area contributed by atoms with Gasteiger partial charge in [0.05, 0.1) is 17.7 Å². The summed E-state index contributed by atoms with van der Waals surface area (Å²) in [6.07, 6.45) is 4.11. The zero-order chi connectivity index (χ0) is 27.1. The number of benzene rings is 2. The Morgan fingerprint density at radius 2 is 1.85 bits per heavy atom. The van der Waals surface area contributed by atoms with Gasteiger partial charge in [0.25, 0.3) is 0 Å². The number of hydrogen-bond acceptors (Lipinski definition) is 8. The number of fused-ring (bicyclic) bond motifs is 2. The number of aromatic hydroxyl groups is 1. The van der Waals surface area contributed by atoms with E-state index in [4.69, 9.17) is 23.0 Å². The number of allylic oxidation sites excluding steroid dienone is 1. The van der Waals surface area contributed by atoms with Crippen molar-refractivity contribution in [3.8, 4) is 28.6 Å². The van der Waals surface area contributed by atoms with Crippen LogP contribution in [0.25, 0.3) is 23.5 Å². The molecule has 4 aromatic rings. The van der Waals surface area contributed by atoms with Crippen LogP contribution in [0.1, 0.15) is 47.0 Å². The maximum Gasteiger partial charge on any atom is 0.335 e. The molecule has 1 atom stereocenters. The number of carbonyl (C=O) groups is 2. The van der Waals surface area contributed by atoms with Gasteiger partial charge < -0.3 is 28.2 Å². The molecule has 1 unspecified atom stereocenters. The number of esters is 1. The molecule has 2 aromatic heterocycles. The molecule has 39 heavy (non-hydrogen) atoms. The minimum atomic E-state index is -0.659. The van der Waals surface area contributed by atoms with E-state index in [9.17, 15) is 14.7 Å². The number of hydrogen-bond donors (Lipinski definition) is 1.